The summed E-state index contributed by atoms with van der Waals surface area (Å²) in [6, 6.07) is 79.9. The zero-order valence-electron chi connectivity index (χ0n) is 30.7. The van der Waals surface area contributed by atoms with Crippen molar-refractivity contribution >= 4 is 39.0 Å². The van der Waals surface area contributed by atoms with Crippen molar-refractivity contribution in [2.45, 2.75) is 0 Å². The lowest BCUT2D eigenvalue weighted by molar-refractivity contribution is 0.669. The molecule has 0 atom stereocenters. The molecule has 0 aliphatic heterocycles. The second-order valence-corrected chi connectivity index (χ2v) is 14.1. The van der Waals surface area contributed by atoms with Crippen molar-refractivity contribution in [3.8, 4) is 55.6 Å². The van der Waals surface area contributed by atoms with Crippen LogP contribution in [0.15, 0.2) is 229 Å². The van der Waals surface area contributed by atoms with Gasteiger partial charge in [-0.25, -0.2) is 0 Å². The van der Waals surface area contributed by atoms with Crippen LogP contribution in [0.3, 0.4) is 0 Å². The van der Waals surface area contributed by atoms with Crippen molar-refractivity contribution in [1.82, 2.24) is 0 Å². The molecule has 0 aliphatic carbocycles. The van der Waals surface area contributed by atoms with Gasteiger partial charge in [-0.2, -0.15) is 0 Å². The summed E-state index contributed by atoms with van der Waals surface area (Å²) in [4.78, 5) is 2.33. The molecule has 0 N–H and O–H groups in total. The SMILES string of the molecule is c1ccc(-c2ccccc2-c2ccc(N(c3cccc(-c4ccccc4-c4ccccc4-c4ccccc4)c3)c3cccc4c3oc3ccccc34)cc2)cc1. The molecule has 0 fully saturated rings. The fourth-order valence-corrected chi connectivity index (χ4v) is 8.10. The minimum Gasteiger partial charge on any atom is -0.454 e. The van der Waals surface area contributed by atoms with E-state index in [1.54, 1.807) is 0 Å². The highest BCUT2D eigenvalue weighted by atomic mass is 16.3. The molecule has 56 heavy (non-hydrogen) atoms. The lowest BCUT2D eigenvalue weighted by Crippen LogP contribution is -2.10. The molecule has 10 rings (SSSR count). The van der Waals surface area contributed by atoms with E-state index in [-0.39, 0.29) is 0 Å². The van der Waals surface area contributed by atoms with Crippen molar-refractivity contribution in [2.24, 2.45) is 0 Å². The highest BCUT2D eigenvalue weighted by Crippen LogP contribution is 2.45. The molecule has 0 unspecified atom stereocenters. The van der Waals surface area contributed by atoms with E-state index in [9.17, 15) is 0 Å². The molecular formula is C54H37NO. The van der Waals surface area contributed by atoms with Crippen LogP contribution >= 0.6 is 0 Å². The molecule has 9 aromatic carbocycles. The van der Waals surface area contributed by atoms with Gasteiger partial charge in [-0.1, -0.05) is 188 Å². The number of anilines is 3. The van der Waals surface area contributed by atoms with Crippen LogP contribution in [-0.4, -0.2) is 0 Å². The summed E-state index contributed by atoms with van der Waals surface area (Å²) in [6.07, 6.45) is 0. The monoisotopic (exact) mass is 715 g/mol. The second kappa shape index (κ2) is 14.4. The van der Waals surface area contributed by atoms with Gasteiger partial charge in [0.05, 0.1) is 5.69 Å². The lowest BCUT2D eigenvalue weighted by atomic mass is 9.89. The minimum absolute atomic E-state index is 0.856. The van der Waals surface area contributed by atoms with Gasteiger partial charge in [-0.05, 0) is 92.0 Å². The third kappa shape index (κ3) is 6.04. The largest absolute Gasteiger partial charge is 0.454 e. The van der Waals surface area contributed by atoms with E-state index in [1.807, 2.05) is 12.1 Å². The first-order valence-electron chi connectivity index (χ1n) is 19.1. The number of rotatable bonds is 8. The van der Waals surface area contributed by atoms with E-state index in [0.717, 1.165) is 50.1 Å². The molecule has 10 aromatic rings. The molecule has 1 heterocycles. The van der Waals surface area contributed by atoms with Crippen LogP contribution in [0.2, 0.25) is 0 Å². The molecule has 0 radical (unpaired) electrons. The molecule has 0 spiro atoms. The number of benzene rings is 9. The Kier molecular flexibility index (Phi) is 8.55. The van der Waals surface area contributed by atoms with Crippen molar-refractivity contribution in [3.63, 3.8) is 0 Å². The van der Waals surface area contributed by atoms with Gasteiger partial charge in [0.15, 0.2) is 5.58 Å². The molecule has 0 saturated carbocycles. The highest BCUT2D eigenvalue weighted by Gasteiger charge is 2.21. The van der Waals surface area contributed by atoms with Gasteiger partial charge in [0.25, 0.3) is 0 Å². The van der Waals surface area contributed by atoms with Crippen LogP contribution < -0.4 is 4.90 Å². The Morgan fingerprint density at radius 1 is 0.286 bits per heavy atom. The van der Waals surface area contributed by atoms with E-state index in [0.29, 0.717) is 0 Å². The Morgan fingerprint density at radius 3 is 1.36 bits per heavy atom. The summed E-state index contributed by atoms with van der Waals surface area (Å²) < 4.78 is 6.67. The Hall–Kier alpha value is -7.42. The average molecular weight is 716 g/mol. The second-order valence-electron chi connectivity index (χ2n) is 14.1. The average Bonchev–Trinajstić information content (AvgIpc) is 3.67. The summed E-state index contributed by atoms with van der Waals surface area (Å²) in [6.45, 7) is 0. The summed E-state index contributed by atoms with van der Waals surface area (Å²) in [5.41, 5.74) is 16.7. The van der Waals surface area contributed by atoms with Crippen LogP contribution in [0.5, 0.6) is 0 Å². The Balaban J connectivity index is 1.13. The number of fused-ring (bicyclic) bond motifs is 3. The molecular weight excluding hydrogens is 679 g/mol. The van der Waals surface area contributed by atoms with Crippen molar-refractivity contribution < 1.29 is 4.42 Å². The van der Waals surface area contributed by atoms with Gasteiger partial charge in [0.1, 0.15) is 5.58 Å². The molecule has 0 aliphatic rings. The number of hydrogen-bond donors (Lipinski definition) is 0. The maximum Gasteiger partial charge on any atom is 0.159 e. The topological polar surface area (TPSA) is 16.4 Å². The fourth-order valence-electron chi connectivity index (χ4n) is 8.10. The molecule has 0 bridgehead atoms. The van der Waals surface area contributed by atoms with Gasteiger partial charge in [0.2, 0.25) is 0 Å². The first-order chi connectivity index (χ1) is 27.8. The molecule has 0 amide bonds. The maximum absolute atomic E-state index is 6.67. The quantitative estimate of drug-likeness (QED) is 0.156. The third-order valence-corrected chi connectivity index (χ3v) is 10.7. The molecule has 264 valence electrons. The van der Waals surface area contributed by atoms with E-state index in [1.165, 1.54) is 44.5 Å². The normalized spacial score (nSPS) is 11.2. The van der Waals surface area contributed by atoms with Gasteiger partial charge < -0.3 is 9.32 Å². The smallest absolute Gasteiger partial charge is 0.159 e. The number of hydrogen-bond acceptors (Lipinski definition) is 2. The molecule has 1 aromatic heterocycles. The number of nitrogens with zero attached hydrogens (tertiary/aromatic N) is 1. The molecule has 2 nitrogen and oxygen atoms in total. The third-order valence-electron chi connectivity index (χ3n) is 10.7. The number of furan rings is 1. The predicted molar refractivity (Wildman–Crippen MR) is 236 cm³/mol. The van der Waals surface area contributed by atoms with Gasteiger partial charge in [-0.15, -0.1) is 0 Å². The van der Waals surface area contributed by atoms with Gasteiger partial charge in [-0.3, -0.25) is 0 Å². The van der Waals surface area contributed by atoms with Gasteiger partial charge >= 0.3 is 0 Å². The Bertz CT molecular complexity index is 2960. The van der Waals surface area contributed by atoms with Crippen LogP contribution in [-0.2, 0) is 0 Å². The Morgan fingerprint density at radius 2 is 0.732 bits per heavy atom. The Labute approximate surface area is 327 Å². The first kappa shape index (κ1) is 33.2. The van der Waals surface area contributed by atoms with Crippen LogP contribution in [0.4, 0.5) is 17.1 Å². The van der Waals surface area contributed by atoms with Crippen LogP contribution in [0.1, 0.15) is 0 Å². The van der Waals surface area contributed by atoms with Crippen molar-refractivity contribution in [2.75, 3.05) is 4.90 Å². The van der Waals surface area contributed by atoms with Crippen molar-refractivity contribution in [3.05, 3.63) is 224 Å². The maximum atomic E-state index is 6.67. The molecule has 2 heteroatoms. The highest BCUT2D eigenvalue weighted by molar-refractivity contribution is 6.10. The van der Waals surface area contributed by atoms with E-state index >= 15 is 0 Å². The fraction of sp³-hybridized carbons (Fsp3) is 0. The standard InChI is InChI=1S/C54H37NO/c1-3-17-38(18-4-1)44-23-7-8-24-45(44)40-33-35-42(36-34-40)55(52-31-16-30-51-50-29-13-14-32-53(50)56-54(51)52)43-22-15-21-41(37-43)47-26-10-12-28-49(47)48-27-11-9-25-46(48)39-19-5-2-6-20-39/h1-37H. The number of para-hydroxylation sites is 2. The minimum atomic E-state index is 0.856. The summed E-state index contributed by atoms with van der Waals surface area (Å²) >= 11 is 0. The predicted octanol–water partition coefficient (Wildman–Crippen LogP) is 15.4. The summed E-state index contributed by atoms with van der Waals surface area (Å²) in [7, 11) is 0. The van der Waals surface area contributed by atoms with Crippen LogP contribution in [0, 0.1) is 0 Å². The van der Waals surface area contributed by atoms with Gasteiger partial charge in [0, 0.05) is 22.1 Å². The van der Waals surface area contributed by atoms with E-state index < -0.39 is 0 Å². The van der Waals surface area contributed by atoms with E-state index in [2.05, 4.69) is 217 Å². The van der Waals surface area contributed by atoms with E-state index in [4.69, 9.17) is 4.42 Å². The first-order valence-corrected chi connectivity index (χ1v) is 19.1. The lowest BCUT2D eigenvalue weighted by Gasteiger charge is -2.26. The zero-order chi connectivity index (χ0) is 37.3. The summed E-state index contributed by atoms with van der Waals surface area (Å²) in [5.74, 6) is 0. The zero-order valence-corrected chi connectivity index (χ0v) is 30.7. The van der Waals surface area contributed by atoms with Crippen molar-refractivity contribution in [1.29, 1.82) is 0 Å². The summed E-state index contributed by atoms with van der Waals surface area (Å²) in [5, 5.41) is 2.20. The van der Waals surface area contributed by atoms with Crippen LogP contribution in [0.25, 0.3) is 77.6 Å². The molecule has 0 saturated heterocycles.